The second-order valence-electron chi connectivity index (χ2n) is 3.94. The van der Waals surface area contributed by atoms with Crippen LogP contribution in [-0.4, -0.2) is 30.3 Å². The minimum Gasteiger partial charge on any atom is -0.332 e. The monoisotopic (exact) mass is 265 g/mol. The highest BCUT2D eigenvalue weighted by atomic mass is 35.5. The maximum atomic E-state index is 11.7. The average molecular weight is 266 g/mol. The lowest BCUT2D eigenvalue weighted by Gasteiger charge is -2.13. The molecule has 1 rings (SSSR count). The second-order valence-corrected chi connectivity index (χ2v) is 6.24. The lowest BCUT2D eigenvalue weighted by molar-refractivity contribution is 0.554. The van der Waals surface area contributed by atoms with Crippen molar-refractivity contribution >= 4 is 21.6 Å². The number of nitrogens with one attached hydrogen (secondary N) is 2. The first kappa shape index (κ1) is 13.5. The third-order valence-electron chi connectivity index (χ3n) is 2.16. The van der Waals surface area contributed by atoms with E-state index in [1.807, 2.05) is 13.8 Å². The third-order valence-corrected chi connectivity index (χ3v) is 4.15. The van der Waals surface area contributed by atoms with Crippen LogP contribution < -0.4 is 4.72 Å². The molecule has 1 atom stereocenters. The zero-order chi connectivity index (χ0) is 12.3. The van der Waals surface area contributed by atoms with Gasteiger partial charge in [0, 0.05) is 11.9 Å². The van der Waals surface area contributed by atoms with Gasteiger partial charge in [-0.1, -0.05) is 13.8 Å². The minimum atomic E-state index is -3.52. The number of aryl methyl sites for hydroxylation is 1. The van der Waals surface area contributed by atoms with Gasteiger partial charge in [-0.05, 0) is 12.8 Å². The van der Waals surface area contributed by atoms with Gasteiger partial charge >= 0.3 is 0 Å². The van der Waals surface area contributed by atoms with Crippen molar-refractivity contribution in [2.45, 2.75) is 31.2 Å². The molecule has 0 bridgehead atoms. The molecule has 0 fully saturated rings. The van der Waals surface area contributed by atoms with Gasteiger partial charge in [0.05, 0.1) is 6.20 Å². The van der Waals surface area contributed by atoms with E-state index in [0.717, 1.165) is 0 Å². The Kier molecular flexibility index (Phi) is 4.35. The predicted molar refractivity (Wildman–Crippen MR) is 63.0 cm³/mol. The van der Waals surface area contributed by atoms with Gasteiger partial charge in [-0.15, -0.1) is 11.6 Å². The Morgan fingerprint density at radius 2 is 2.19 bits per heavy atom. The standard InChI is InChI=1S/C9H16ClN3O2S/c1-6(2)8(10)4-12-16(14,15)9-5-11-7(3)13-9/h5-6,8,12H,4H2,1-3H3,(H,11,13). The molecule has 92 valence electrons. The van der Waals surface area contributed by atoms with Gasteiger partial charge < -0.3 is 4.98 Å². The topological polar surface area (TPSA) is 74.8 Å². The molecule has 2 N–H and O–H groups in total. The molecule has 1 heterocycles. The number of rotatable bonds is 5. The Balaban J connectivity index is 2.67. The van der Waals surface area contributed by atoms with Gasteiger partial charge in [0.15, 0.2) is 5.03 Å². The van der Waals surface area contributed by atoms with Crippen molar-refractivity contribution in [2.24, 2.45) is 5.92 Å². The van der Waals surface area contributed by atoms with E-state index in [1.54, 1.807) is 6.92 Å². The number of alkyl halides is 1. The number of aromatic amines is 1. The van der Waals surface area contributed by atoms with Crippen molar-refractivity contribution in [1.29, 1.82) is 0 Å². The maximum Gasteiger partial charge on any atom is 0.257 e. The normalized spacial score (nSPS) is 14.3. The number of hydrogen-bond acceptors (Lipinski definition) is 3. The number of nitrogens with zero attached hydrogens (tertiary/aromatic N) is 1. The molecule has 0 saturated heterocycles. The van der Waals surface area contributed by atoms with Crippen molar-refractivity contribution in [3.05, 3.63) is 12.0 Å². The Morgan fingerprint density at radius 3 is 2.62 bits per heavy atom. The Bertz CT molecular complexity index is 441. The molecule has 16 heavy (non-hydrogen) atoms. The first-order valence-corrected chi connectivity index (χ1v) is 6.90. The summed E-state index contributed by atoms with van der Waals surface area (Å²) in [5, 5.41) is -0.156. The minimum absolute atomic E-state index is 0.0672. The molecule has 0 saturated carbocycles. The van der Waals surface area contributed by atoms with Crippen LogP contribution >= 0.6 is 11.6 Å². The summed E-state index contributed by atoms with van der Waals surface area (Å²) in [4.78, 5) is 6.50. The van der Waals surface area contributed by atoms with Crippen LogP contribution in [0.2, 0.25) is 0 Å². The lowest BCUT2D eigenvalue weighted by Crippen LogP contribution is -2.32. The fourth-order valence-corrected chi connectivity index (χ4v) is 2.23. The molecular formula is C9H16ClN3O2S. The number of hydrogen-bond donors (Lipinski definition) is 2. The smallest absolute Gasteiger partial charge is 0.257 e. The molecule has 7 heteroatoms. The molecule has 0 aliphatic rings. The highest BCUT2D eigenvalue weighted by molar-refractivity contribution is 7.89. The summed E-state index contributed by atoms with van der Waals surface area (Å²) in [5.41, 5.74) is 0. The van der Waals surface area contributed by atoms with E-state index >= 15 is 0 Å². The summed E-state index contributed by atoms with van der Waals surface area (Å²) >= 11 is 5.96. The van der Waals surface area contributed by atoms with Crippen LogP contribution in [0.5, 0.6) is 0 Å². The van der Waals surface area contributed by atoms with Crippen LogP contribution in [0.3, 0.4) is 0 Å². The largest absolute Gasteiger partial charge is 0.332 e. The van der Waals surface area contributed by atoms with E-state index in [9.17, 15) is 8.42 Å². The number of H-pyrrole nitrogens is 1. The predicted octanol–water partition coefficient (Wildman–Crippen LogP) is 1.26. The van der Waals surface area contributed by atoms with Crippen molar-refractivity contribution in [3.8, 4) is 0 Å². The number of sulfonamides is 1. The SMILES string of the molecule is Cc1ncc(S(=O)(=O)NCC(Cl)C(C)C)[nH]1. The highest BCUT2D eigenvalue weighted by Gasteiger charge is 2.19. The molecule has 0 aliphatic carbocycles. The molecule has 1 aromatic rings. The summed E-state index contributed by atoms with van der Waals surface area (Å²) in [7, 11) is -3.52. The molecular weight excluding hydrogens is 250 g/mol. The van der Waals surface area contributed by atoms with E-state index in [-0.39, 0.29) is 22.9 Å². The lowest BCUT2D eigenvalue weighted by atomic mass is 10.1. The molecule has 1 aromatic heterocycles. The van der Waals surface area contributed by atoms with Crippen molar-refractivity contribution in [2.75, 3.05) is 6.54 Å². The number of aromatic nitrogens is 2. The Hall–Kier alpha value is -0.590. The fourth-order valence-electron chi connectivity index (χ4n) is 1.04. The first-order chi connectivity index (χ1) is 7.33. The molecule has 0 aliphatic heterocycles. The molecule has 5 nitrogen and oxygen atoms in total. The van der Waals surface area contributed by atoms with E-state index < -0.39 is 10.0 Å². The van der Waals surface area contributed by atoms with Gasteiger partial charge in [-0.25, -0.2) is 18.1 Å². The van der Waals surface area contributed by atoms with Crippen LogP contribution in [0.1, 0.15) is 19.7 Å². The summed E-state index contributed by atoms with van der Waals surface area (Å²) < 4.78 is 25.9. The Morgan fingerprint density at radius 1 is 1.56 bits per heavy atom. The fraction of sp³-hybridized carbons (Fsp3) is 0.667. The highest BCUT2D eigenvalue weighted by Crippen LogP contribution is 2.10. The first-order valence-electron chi connectivity index (χ1n) is 4.98. The van der Waals surface area contributed by atoms with Crippen molar-refractivity contribution in [1.82, 2.24) is 14.7 Å². The zero-order valence-corrected chi connectivity index (χ0v) is 11.1. The van der Waals surface area contributed by atoms with Crippen molar-refractivity contribution < 1.29 is 8.42 Å². The molecule has 0 radical (unpaired) electrons. The number of imidazole rings is 1. The van der Waals surface area contributed by atoms with Crippen molar-refractivity contribution in [3.63, 3.8) is 0 Å². The van der Waals surface area contributed by atoms with Crippen LogP contribution in [0.25, 0.3) is 0 Å². The van der Waals surface area contributed by atoms with Gasteiger partial charge in [0.25, 0.3) is 10.0 Å². The van der Waals surface area contributed by atoms with E-state index in [0.29, 0.717) is 5.82 Å². The van der Waals surface area contributed by atoms with Gasteiger partial charge in [-0.3, -0.25) is 0 Å². The van der Waals surface area contributed by atoms with E-state index in [4.69, 9.17) is 11.6 Å². The van der Waals surface area contributed by atoms with Crippen LogP contribution in [-0.2, 0) is 10.0 Å². The molecule has 1 unspecified atom stereocenters. The van der Waals surface area contributed by atoms with Gasteiger partial charge in [0.1, 0.15) is 5.82 Å². The second kappa shape index (κ2) is 5.16. The van der Waals surface area contributed by atoms with Gasteiger partial charge in [-0.2, -0.15) is 0 Å². The summed E-state index contributed by atoms with van der Waals surface area (Å²) in [5.74, 6) is 0.777. The molecule has 0 amide bonds. The van der Waals surface area contributed by atoms with E-state index in [2.05, 4.69) is 14.7 Å². The molecule has 0 spiro atoms. The van der Waals surface area contributed by atoms with Crippen LogP contribution in [0, 0.1) is 12.8 Å². The third kappa shape index (κ3) is 3.47. The Labute approximate surface area is 101 Å². The number of halogens is 1. The summed E-state index contributed by atoms with van der Waals surface area (Å²) in [6.07, 6.45) is 1.29. The van der Waals surface area contributed by atoms with E-state index in [1.165, 1.54) is 6.20 Å². The van der Waals surface area contributed by atoms with Crippen LogP contribution in [0.4, 0.5) is 0 Å². The van der Waals surface area contributed by atoms with Crippen LogP contribution in [0.15, 0.2) is 11.2 Å². The molecule has 0 aromatic carbocycles. The summed E-state index contributed by atoms with van der Waals surface area (Å²) in [6.45, 7) is 5.77. The average Bonchev–Trinajstić information content (AvgIpc) is 2.61. The summed E-state index contributed by atoms with van der Waals surface area (Å²) in [6, 6.07) is 0. The quantitative estimate of drug-likeness (QED) is 0.787. The maximum absolute atomic E-state index is 11.7. The zero-order valence-electron chi connectivity index (χ0n) is 9.49. The van der Waals surface area contributed by atoms with Gasteiger partial charge in [0.2, 0.25) is 0 Å².